The van der Waals surface area contributed by atoms with Crippen molar-refractivity contribution in [2.75, 3.05) is 7.11 Å². The van der Waals surface area contributed by atoms with Gasteiger partial charge >= 0.3 is 0 Å². The van der Waals surface area contributed by atoms with Crippen molar-refractivity contribution in [2.24, 2.45) is 5.73 Å². The fraction of sp³-hybridized carbons (Fsp3) is 0.846. The summed E-state index contributed by atoms with van der Waals surface area (Å²) in [6.07, 6.45) is 3.15. The van der Waals surface area contributed by atoms with E-state index in [1.54, 1.807) is 7.11 Å². The van der Waals surface area contributed by atoms with E-state index in [9.17, 15) is 0 Å². The van der Waals surface area contributed by atoms with E-state index >= 15 is 0 Å². The van der Waals surface area contributed by atoms with Crippen LogP contribution in [0.3, 0.4) is 0 Å². The third-order valence-corrected chi connectivity index (χ3v) is 3.39. The Bertz CT molecular complexity index is 356. The second-order valence-corrected chi connectivity index (χ2v) is 5.41. The van der Waals surface area contributed by atoms with Crippen LogP contribution in [0.2, 0.25) is 0 Å². The van der Waals surface area contributed by atoms with E-state index in [0.29, 0.717) is 18.1 Å². The van der Waals surface area contributed by atoms with E-state index in [-0.39, 0.29) is 5.54 Å². The van der Waals surface area contributed by atoms with Gasteiger partial charge in [0.1, 0.15) is 5.60 Å². The van der Waals surface area contributed by atoms with Gasteiger partial charge in [0, 0.05) is 19.1 Å². The molecule has 1 aromatic rings. The molecule has 0 aliphatic rings. The molecule has 0 amide bonds. The standard InChI is InChI=1S/C13H25N3O2/c1-6-13(7-2,17-5)11-15-10(18-16-11)8-9-12(3,4)14/h6-9,14H2,1-5H3. The van der Waals surface area contributed by atoms with Crippen molar-refractivity contribution in [2.45, 2.75) is 64.5 Å². The van der Waals surface area contributed by atoms with E-state index in [0.717, 1.165) is 19.3 Å². The third kappa shape index (κ3) is 3.53. The van der Waals surface area contributed by atoms with Crippen LogP contribution < -0.4 is 5.73 Å². The molecular weight excluding hydrogens is 230 g/mol. The van der Waals surface area contributed by atoms with Gasteiger partial charge in [0.25, 0.3) is 0 Å². The van der Waals surface area contributed by atoms with E-state index < -0.39 is 5.60 Å². The molecule has 0 bridgehead atoms. The highest BCUT2D eigenvalue weighted by Gasteiger charge is 2.33. The maximum Gasteiger partial charge on any atom is 0.226 e. The van der Waals surface area contributed by atoms with Gasteiger partial charge in [-0.25, -0.2) is 0 Å². The minimum atomic E-state index is -0.431. The molecule has 0 saturated heterocycles. The molecule has 18 heavy (non-hydrogen) atoms. The molecule has 1 aromatic heterocycles. The van der Waals surface area contributed by atoms with Crippen LogP contribution in [-0.2, 0) is 16.8 Å². The SMILES string of the molecule is CCC(CC)(OC)c1noc(CCC(C)(C)N)n1. The maximum absolute atomic E-state index is 5.94. The zero-order chi connectivity index (χ0) is 13.8. The van der Waals surface area contributed by atoms with Crippen molar-refractivity contribution in [3.05, 3.63) is 11.7 Å². The van der Waals surface area contributed by atoms with Gasteiger partial charge in [-0.05, 0) is 33.1 Å². The van der Waals surface area contributed by atoms with Gasteiger partial charge in [-0.15, -0.1) is 0 Å². The largest absolute Gasteiger partial charge is 0.370 e. The summed E-state index contributed by atoms with van der Waals surface area (Å²) in [5, 5.41) is 4.05. The number of aromatic nitrogens is 2. The Hall–Kier alpha value is -0.940. The lowest BCUT2D eigenvalue weighted by Crippen LogP contribution is -2.32. The molecule has 0 aliphatic heterocycles. The lowest BCUT2D eigenvalue weighted by Gasteiger charge is -2.25. The molecular formula is C13H25N3O2. The van der Waals surface area contributed by atoms with Gasteiger partial charge < -0.3 is 15.0 Å². The molecule has 1 rings (SSSR count). The number of hydrogen-bond acceptors (Lipinski definition) is 5. The quantitative estimate of drug-likeness (QED) is 0.809. The first kappa shape index (κ1) is 15.1. The molecule has 1 heterocycles. The maximum atomic E-state index is 5.94. The van der Waals surface area contributed by atoms with Crippen molar-refractivity contribution in [1.29, 1.82) is 0 Å². The summed E-state index contributed by atoms with van der Waals surface area (Å²) in [5.74, 6) is 1.27. The molecule has 5 nitrogen and oxygen atoms in total. The average Bonchev–Trinajstić information content (AvgIpc) is 2.78. The van der Waals surface area contributed by atoms with Crippen LogP contribution in [0.1, 0.15) is 58.7 Å². The Kier molecular flexibility index (Phi) is 4.87. The van der Waals surface area contributed by atoms with Crippen molar-refractivity contribution in [3.63, 3.8) is 0 Å². The summed E-state index contributed by atoms with van der Waals surface area (Å²) in [4.78, 5) is 4.44. The second-order valence-electron chi connectivity index (χ2n) is 5.41. The fourth-order valence-electron chi connectivity index (χ4n) is 1.92. The van der Waals surface area contributed by atoms with E-state index in [1.165, 1.54) is 0 Å². The van der Waals surface area contributed by atoms with Crippen LogP contribution >= 0.6 is 0 Å². The lowest BCUT2D eigenvalue weighted by molar-refractivity contribution is -0.0306. The summed E-state index contributed by atoms with van der Waals surface area (Å²) in [7, 11) is 1.69. The number of nitrogens with two attached hydrogens (primary N) is 1. The number of methoxy groups -OCH3 is 1. The first-order valence-electron chi connectivity index (χ1n) is 6.54. The highest BCUT2D eigenvalue weighted by atomic mass is 16.5. The predicted molar refractivity (Wildman–Crippen MR) is 70.2 cm³/mol. The van der Waals surface area contributed by atoms with Crippen molar-refractivity contribution in [1.82, 2.24) is 10.1 Å². The zero-order valence-corrected chi connectivity index (χ0v) is 12.1. The highest BCUT2D eigenvalue weighted by molar-refractivity contribution is 5.01. The second kappa shape index (κ2) is 5.80. The minimum absolute atomic E-state index is 0.220. The number of rotatable bonds is 7. The summed E-state index contributed by atoms with van der Waals surface area (Å²) >= 11 is 0. The van der Waals surface area contributed by atoms with Gasteiger partial charge in [0.15, 0.2) is 0 Å². The lowest BCUT2D eigenvalue weighted by atomic mass is 9.96. The predicted octanol–water partition coefficient (Wildman–Crippen LogP) is 2.40. The molecule has 0 spiro atoms. The molecule has 0 aromatic carbocycles. The molecule has 0 atom stereocenters. The summed E-state index contributed by atoms with van der Waals surface area (Å²) < 4.78 is 10.8. The van der Waals surface area contributed by atoms with E-state index in [4.69, 9.17) is 15.0 Å². The summed E-state index contributed by atoms with van der Waals surface area (Å²) in [6.45, 7) is 8.10. The number of nitrogens with zero attached hydrogens (tertiary/aromatic N) is 2. The first-order valence-corrected chi connectivity index (χ1v) is 6.54. The van der Waals surface area contributed by atoms with Gasteiger partial charge in [-0.1, -0.05) is 19.0 Å². The van der Waals surface area contributed by atoms with E-state index in [1.807, 2.05) is 13.8 Å². The number of ether oxygens (including phenoxy) is 1. The Morgan fingerprint density at radius 3 is 2.33 bits per heavy atom. The average molecular weight is 255 g/mol. The van der Waals surface area contributed by atoms with Crippen LogP contribution in [-0.4, -0.2) is 22.8 Å². The minimum Gasteiger partial charge on any atom is -0.370 e. The van der Waals surface area contributed by atoms with Crippen LogP contribution in [0.25, 0.3) is 0 Å². The third-order valence-electron chi connectivity index (χ3n) is 3.39. The summed E-state index contributed by atoms with van der Waals surface area (Å²) in [5.41, 5.74) is 5.29. The topological polar surface area (TPSA) is 74.2 Å². The van der Waals surface area contributed by atoms with Gasteiger partial charge in [-0.3, -0.25) is 0 Å². The molecule has 0 radical (unpaired) electrons. The zero-order valence-electron chi connectivity index (χ0n) is 12.1. The van der Waals surface area contributed by atoms with Crippen LogP contribution in [0.5, 0.6) is 0 Å². The van der Waals surface area contributed by atoms with E-state index in [2.05, 4.69) is 24.0 Å². The molecule has 0 saturated carbocycles. The Morgan fingerprint density at radius 1 is 1.28 bits per heavy atom. The van der Waals surface area contributed by atoms with Crippen LogP contribution in [0, 0.1) is 0 Å². The van der Waals surface area contributed by atoms with Crippen molar-refractivity contribution >= 4 is 0 Å². The smallest absolute Gasteiger partial charge is 0.226 e. The highest BCUT2D eigenvalue weighted by Crippen LogP contribution is 2.30. The molecule has 0 fully saturated rings. The Balaban J connectivity index is 2.79. The summed E-state index contributed by atoms with van der Waals surface area (Å²) in [6, 6.07) is 0. The first-order chi connectivity index (χ1) is 8.37. The Labute approximate surface area is 109 Å². The van der Waals surface area contributed by atoms with Gasteiger partial charge in [0.05, 0.1) is 0 Å². The molecule has 0 aliphatic carbocycles. The van der Waals surface area contributed by atoms with Crippen LogP contribution in [0.15, 0.2) is 4.52 Å². The number of hydrogen-bond donors (Lipinski definition) is 1. The molecule has 2 N–H and O–H groups in total. The van der Waals surface area contributed by atoms with Gasteiger partial charge in [0.2, 0.25) is 11.7 Å². The van der Waals surface area contributed by atoms with Crippen molar-refractivity contribution < 1.29 is 9.26 Å². The normalized spacial score (nSPS) is 13.0. The molecule has 104 valence electrons. The molecule has 5 heteroatoms. The fourth-order valence-corrected chi connectivity index (χ4v) is 1.92. The van der Waals surface area contributed by atoms with Crippen LogP contribution in [0.4, 0.5) is 0 Å². The Morgan fingerprint density at radius 2 is 1.89 bits per heavy atom. The molecule has 0 unspecified atom stereocenters. The number of aryl methyl sites for hydroxylation is 1. The monoisotopic (exact) mass is 255 g/mol. The van der Waals surface area contributed by atoms with Gasteiger partial charge in [-0.2, -0.15) is 4.98 Å². The van der Waals surface area contributed by atoms with Crippen molar-refractivity contribution in [3.8, 4) is 0 Å².